The second-order valence-electron chi connectivity index (χ2n) is 6.02. The summed E-state index contributed by atoms with van der Waals surface area (Å²) < 4.78 is 0. The number of hydrogen-bond acceptors (Lipinski definition) is 4. The van der Waals surface area contributed by atoms with E-state index in [1.807, 2.05) is 30.5 Å². The maximum absolute atomic E-state index is 12.6. The van der Waals surface area contributed by atoms with Crippen LogP contribution in [0.1, 0.15) is 31.1 Å². The number of aromatic amines is 1. The number of piperidine rings is 1. The lowest BCUT2D eigenvalue weighted by molar-refractivity contribution is -0.129. The molecule has 7 heteroatoms. The highest BCUT2D eigenvalue weighted by Gasteiger charge is 2.27. The molecule has 0 unspecified atom stereocenters. The second kappa shape index (κ2) is 7.70. The van der Waals surface area contributed by atoms with Crippen LogP contribution < -0.4 is 10.6 Å². The number of H-pyrrole nitrogens is 1. The van der Waals surface area contributed by atoms with E-state index in [0.29, 0.717) is 19.4 Å². The molecule has 2 amide bonds. The molecule has 128 valence electrons. The molecule has 1 aliphatic heterocycles. The topological polar surface area (TPSA) is 86.9 Å². The maximum atomic E-state index is 12.6. The Kier molecular flexibility index (Phi) is 5.40. The van der Waals surface area contributed by atoms with E-state index in [1.54, 1.807) is 11.8 Å². The van der Waals surface area contributed by atoms with Gasteiger partial charge in [0.15, 0.2) is 0 Å². The number of benzene rings is 1. The third-order valence-electron chi connectivity index (χ3n) is 4.30. The standard InChI is InChI=1S/C17H22N4O2S/c1-24-9-8-14(16-19-12-4-2-3-5-13(12)20-16)21-17(23)11-6-7-15(22)18-10-11/h2-5,11,14H,6-10H2,1H3,(H,18,22)(H,19,20)(H,21,23)/t11-,14+/m1/s1. The van der Waals surface area contributed by atoms with Crippen molar-refractivity contribution in [2.45, 2.75) is 25.3 Å². The first-order valence-corrected chi connectivity index (χ1v) is 9.57. The lowest BCUT2D eigenvalue weighted by atomic mass is 9.98. The van der Waals surface area contributed by atoms with Crippen molar-refractivity contribution in [2.75, 3.05) is 18.6 Å². The molecule has 3 rings (SSSR count). The van der Waals surface area contributed by atoms with Crippen molar-refractivity contribution < 1.29 is 9.59 Å². The molecule has 2 aromatic rings. The average molecular weight is 346 g/mol. The number of carbonyl (C=O) groups is 2. The Hall–Kier alpha value is -2.02. The fourth-order valence-corrected chi connectivity index (χ4v) is 3.37. The van der Waals surface area contributed by atoms with Gasteiger partial charge in [0.05, 0.1) is 23.0 Å². The number of aromatic nitrogens is 2. The van der Waals surface area contributed by atoms with Crippen molar-refractivity contribution in [3.8, 4) is 0 Å². The Morgan fingerprint density at radius 1 is 1.46 bits per heavy atom. The average Bonchev–Trinajstić information content (AvgIpc) is 3.03. The zero-order valence-corrected chi connectivity index (χ0v) is 14.5. The molecule has 1 saturated heterocycles. The molecule has 1 aliphatic rings. The first-order chi connectivity index (χ1) is 11.7. The summed E-state index contributed by atoms with van der Waals surface area (Å²) in [4.78, 5) is 31.8. The van der Waals surface area contributed by atoms with Crippen molar-refractivity contribution >= 4 is 34.6 Å². The largest absolute Gasteiger partial charge is 0.355 e. The van der Waals surface area contributed by atoms with Crippen LogP contribution in [0, 0.1) is 5.92 Å². The summed E-state index contributed by atoms with van der Waals surface area (Å²) in [6.45, 7) is 0.417. The van der Waals surface area contributed by atoms with Gasteiger partial charge in [0.1, 0.15) is 5.82 Å². The van der Waals surface area contributed by atoms with E-state index in [-0.39, 0.29) is 23.8 Å². The molecule has 0 aliphatic carbocycles. The van der Waals surface area contributed by atoms with Crippen LogP contribution in [-0.4, -0.2) is 40.3 Å². The van der Waals surface area contributed by atoms with Crippen molar-refractivity contribution in [2.24, 2.45) is 5.92 Å². The number of carbonyl (C=O) groups excluding carboxylic acids is 2. The third kappa shape index (κ3) is 3.90. The molecule has 1 fully saturated rings. The van der Waals surface area contributed by atoms with Gasteiger partial charge in [-0.2, -0.15) is 11.8 Å². The van der Waals surface area contributed by atoms with Crippen LogP contribution >= 0.6 is 11.8 Å². The number of imidazole rings is 1. The van der Waals surface area contributed by atoms with Crippen LogP contribution in [0.3, 0.4) is 0 Å². The third-order valence-corrected chi connectivity index (χ3v) is 4.95. The fraction of sp³-hybridized carbons (Fsp3) is 0.471. The van der Waals surface area contributed by atoms with E-state index in [2.05, 4.69) is 20.6 Å². The Morgan fingerprint density at radius 2 is 2.29 bits per heavy atom. The van der Waals surface area contributed by atoms with Crippen LogP contribution in [0.15, 0.2) is 24.3 Å². The summed E-state index contributed by atoms with van der Waals surface area (Å²) in [6.07, 6.45) is 3.88. The molecule has 24 heavy (non-hydrogen) atoms. The van der Waals surface area contributed by atoms with Gasteiger partial charge in [-0.05, 0) is 37.0 Å². The van der Waals surface area contributed by atoms with Gasteiger partial charge in [-0.25, -0.2) is 4.98 Å². The molecule has 6 nitrogen and oxygen atoms in total. The predicted octanol–water partition coefficient (Wildman–Crippen LogP) is 2.00. The van der Waals surface area contributed by atoms with Gasteiger partial charge in [-0.3, -0.25) is 9.59 Å². The zero-order valence-electron chi connectivity index (χ0n) is 13.7. The molecule has 2 heterocycles. The number of nitrogens with one attached hydrogen (secondary N) is 3. The summed E-state index contributed by atoms with van der Waals surface area (Å²) in [7, 11) is 0. The minimum absolute atomic E-state index is 0.0124. The van der Waals surface area contributed by atoms with E-state index < -0.39 is 0 Å². The van der Waals surface area contributed by atoms with Crippen LogP contribution in [0.5, 0.6) is 0 Å². The summed E-state index contributed by atoms with van der Waals surface area (Å²) in [5.74, 6) is 1.57. The van der Waals surface area contributed by atoms with E-state index in [0.717, 1.165) is 29.0 Å². The molecule has 0 saturated carbocycles. The predicted molar refractivity (Wildman–Crippen MR) is 95.7 cm³/mol. The van der Waals surface area contributed by atoms with Crippen molar-refractivity contribution in [3.63, 3.8) is 0 Å². The summed E-state index contributed by atoms with van der Waals surface area (Å²) in [5.41, 5.74) is 1.88. The number of rotatable bonds is 6. The SMILES string of the molecule is CSCC[C@H](NC(=O)[C@@H]1CCC(=O)NC1)c1nc2ccccc2[nH]1. The van der Waals surface area contributed by atoms with Crippen molar-refractivity contribution in [1.82, 2.24) is 20.6 Å². The van der Waals surface area contributed by atoms with Crippen LogP contribution in [-0.2, 0) is 9.59 Å². The molecule has 2 atom stereocenters. The quantitative estimate of drug-likeness (QED) is 0.747. The van der Waals surface area contributed by atoms with E-state index in [1.165, 1.54) is 0 Å². The van der Waals surface area contributed by atoms with Gasteiger partial charge < -0.3 is 15.6 Å². The monoisotopic (exact) mass is 346 g/mol. The summed E-state index contributed by atoms with van der Waals surface area (Å²) in [6, 6.07) is 7.71. The van der Waals surface area contributed by atoms with E-state index in [4.69, 9.17) is 0 Å². The van der Waals surface area contributed by atoms with Gasteiger partial charge in [-0.15, -0.1) is 0 Å². The number of thioether (sulfide) groups is 1. The number of nitrogens with zero attached hydrogens (tertiary/aromatic N) is 1. The Labute approximate surface area is 145 Å². The van der Waals surface area contributed by atoms with Gasteiger partial charge in [0, 0.05) is 13.0 Å². The van der Waals surface area contributed by atoms with Crippen LogP contribution in [0.4, 0.5) is 0 Å². The lowest BCUT2D eigenvalue weighted by Crippen LogP contribution is -2.44. The molecule has 1 aromatic heterocycles. The highest BCUT2D eigenvalue weighted by Crippen LogP contribution is 2.21. The minimum atomic E-state index is -0.163. The fourth-order valence-electron chi connectivity index (χ4n) is 2.90. The minimum Gasteiger partial charge on any atom is -0.355 e. The lowest BCUT2D eigenvalue weighted by Gasteiger charge is -2.24. The Balaban J connectivity index is 1.73. The van der Waals surface area contributed by atoms with Gasteiger partial charge in [-0.1, -0.05) is 12.1 Å². The normalized spacial score (nSPS) is 19.0. The molecule has 0 spiro atoms. The number of hydrogen-bond donors (Lipinski definition) is 3. The highest BCUT2D eigenvalue weighted by atomic mass is 32.2. The van der Waals surface area contributed by atoms with E-state index >= 15 is 0 Å². The zero-order chi connectivity index (χ0) is 16.9. The van der Waals surface area contributed by atoms with Crippen LogP contribution in [0.2, 0.25) is 0 Å². The van der Waals surface area contributed by atoms with Crippen molar-refractivity contribution in [1.29, 1.82) is 0 Å². The Morgan fingerprint density at radius 3 is 3.00 bits per heavy atom. The van der Waals surface area contributed by atoms with E-state index in [9.17, 15) is 9.59 Å². The first kappa shape index (κ1) is 16.8. The highest BCUT2D eigenvalue weighted by molar-refractivity contribution is 7.98. The summed E-state index contributed by atoms with van der Waals surface area (Å²) >= 11 is 1.74. The molecule has 3 N–H and O–H groups in total. The second-order valence-corrected chi connectivity index (χ2v) is 7.01. The van der Waals surface area contributed by atoms with Crippen LogP contribution in [0.25, 0.3) is 11.0 Å². The molecule has 1 aromatic carbocycles. The first-order valence-electron chi connectivity index (χ1n) is 8.18. The number of fused-ring (bicyclic) bond motifs is 1. The smallest absolute Gasteiger partial charge is 0.225 e. The summed E-state index contributed by atoms with van der Waals surface area (Å²) in [5, 5.41) is 5.88. The molecule has 0 radical (unpaired) electrons. The number of para-hydroxylation sites is 2. The number of amides is 2. The van der Waals surface area contributed by atoms with Crippen molar-refractivity contribution in [3.05, 3.63) is 30.1 Å². The molecular weight excluding hydrogens is 324 g/mol. The molecular formula is C17H22N4O2S. The van der Waals surface area contributed by atoms with Gasteiger partial charge >= 0.3 is 0 Å². The van der Waals surface area contributed by atoms with Gasteiger partial charge in [0.2, 0.25) is 11.8 Å². The maximum Gasteiger partial charge on any atom is 0.225 e. The molecule has 0 bridgehead atoms. The Bertz CT molecular complexity index is 687. The van der Waals surface area contributed by atoms with Gasteiger partial charge in [0.25, 0.3) is 0 Å².